The molecule has 138 valence electrons. The highest BCUT2D eigenvalue weighted by molar-refractivity contribution is 5.83. The van der Waals surface area contributed by atoms with Crippen LogP contribution in [-0.4, -0.2) is 38.2 Å². The Labute approximate surface area is 148 Å². The number of hydrogen-bond donors (Lipinski definition) is 0. The second kappa shape index (κ2) is 12.1. The summed E-state index contributed by atoms with van der Waals surface area (Å²) in [5.41, 5.74) is 0. The van der Waals surface area contributed by atoms with Gasteiger partial charge in [0, 0.05) is 6.08 Å². The van der Waals surface area contributed by atoms with Gasteiger partial charge in [0.15, 0.2) is 0 Å². The second-order valence-electron chi connectivity index (χ2n) is 5.64. The topological polar surface area (TPSA) is 78.9 Å². The van der Waals surface area contributed by atoms with Gasteiger partial charge < -0.3 is 14.2 Å². The lowest BCUT2D eigenvalue weighted by molar-refractivity contribution is -0.161. The normalized spacial score (nSPS) is 20.9. The molecule has 0 amide bonds. The van der Waals surface area contributed by atoms with E-state index in [2.05, 4.69) is 4.74 Å². The fourth-order valence-electron chi connectivity index (χ4n) is 2.63. The van der Waals surface area contributed by atoms with Gasteiger partial charge in [-0.25, -0.2) is 4.79 Å². The van der Waals surface area contributed by atoms with E-state index in [-0.39, 0.29) is 19.2 Å². The number of methoxy groups -OCH3 is 1. The van der Waals surface area contributed by atoms with Crippen molar-refractivity contribution in [2.45, 2.75) is 32.6 Å². The van der Waals surface area contributed by atoms with E-state index in [0.29, 0.717) is 12.8 Å². The Balaban J connectivity index is 2.51. The van der Waals surface area contributed by atoms with Gasteiger partial charge >= 0.3 is 17.9 Å². The molecule has 1 saturated carbocycles. The van der Waals surface area contributed by atoms with Crippen molar-refractivity contribution in [3.05, 3.63) is 36.5 Å². The first kappa shape index (κ1) is 20.7. The minimum atomic E-state index is -0.513. The summed E-state index contributed by atoms with van der Waals surface area (Å²) < 4.78 is 14.8. The van der Waals surface area contributed by atoms with Crippen LogP contribution in [0.15, 0.2) is 36.5 Å². The van der Waals surface area contributed by atoms with E-state index in [4.69, 9.17) is 9.47 Å². The molecule has 0 unspecified atom stereocenters. The third-order valence-electron chi connectivity index (χ3n) is 3.91. The Morgan fingerprint density at radius 3 is 2.00 bits per heavy atom. The minimum absolute atomic E-state index is 0.0295. The van der Waals surface area contributed by atoms with Gasteiger partial charge in [-0.15, -0.1) is 0 Å². The molecule has 0 N–H and O–H groups in total. The van der Waals surface area contributed by atoms with Crippen molar-refractivity contribution in [3.63, 3.8) is 0 Å². The molecule has 0 spiro atoms. The number of carbonyl (C=O) groups excluding carboxylic acids is 3. The number of rotatable bonds is 8. The van der Waals surface area contributed by atoms with E-state index in [1.165, 1.54) is 19.3 Å². The zero-order valence-corrected chi connectivity index (χ0v) is 14.8. The Morgan fingerprint density at radius 2 is 1.48 bits per heavy atom. The average molecular weight is 350 g/mol. The summed E-state index contributed by atoms with van der Waals surface area (Å²) in [6, 6.07) is 0. The Morgan fingerprint density at radius 1 is 0.920 bits per heavy atom. The van der Waals surface area contributed by atoms with Crippen LogP contribution >= 0.6 is 0 Å². The van der Waals surface area contributed by atoms with Crippen LogP contribution in [0.5, 0.6) is 0 Å². The quantitative estimate of drug-likeness (QED) is 0.290. The lowest BCUT2D eigenvalue weighted by Gasteiger charge is -2.27. The standard InChI is InChI=1S/C19H26O6/c1-3-4-5-8-13-24-18(21)15-10-6-7-11-16(15)19(22)25-14-9-12-17(20)23-2/h3-5,8-9,12,15-16H,6-7,10-11,13-14H2,1-2H3/b4-3+,8-5+,12-9+/t15-,16-/m1/s1. The van der Waals surface area contributed by atoms with E-state index in [1.54, 1.807) is 12.2 Å². The molecule has 6 nitrogen and oxygen atoms in total. The largest absolute Gasteiger partial charge is 0.466 e. The van der Waals surface area contributed by atoms with Crippen molar-refractivity contribution in [1.82, 2.24) is 0 Å². The average Bonchev–Trinajstić information content (AvgIpc) is 2.64. The third kappa shape index (κ3) is 7.83. The van der Waals surface area contributed by atoms with Gasteiger partial charge in [-0.2, -0.15) is 0 Å². The van der Waals surface area contributed by atoms with Crippen LogP contribution in [0.1, 0.15) is 32.6 Å². The van der Waals surface area contributed by atoms with Crippen molar-refractivity contribution >= 4 is 17.9 Å². The summed E-state index contributed by atoms with van der Waals surface area (Å²) in [5, 5.41) is 0. The van der Waals surface area contributed by atoms with Gasteiger partial charge in [0.25, 0.3) is 0 Å². The molecule has 1 fully saturated rings. The molecule has 0 aromatic carbocycles. The summed E-state index contributed by atoms with van der Waals surface area (Å²) >= 11 is 0. The first-order valence-electron chi connectivity index (χ1n) is 8.45. The molecule has 0 radical (unpaired) electrons. The SMILES string of the molecule is C/C=C/C=C/COC(=O)[C@@H]1CCCC[C@H]1C(=O)OC/C=C/C(=O)OC. The molecular formula is C19H26O6. The predicted octanol–water partition coefficient (Wildman–Crippen LogP) is 2.74. The van der Waals surface area contributed by atoms with Crippen molar-refractivity contribution < 1.29 is 28.6 Å². The lowest BCUT2D eigenvalue weighted by Crippen LogP contribution is -2.35. The fraction of sp³-hybridized carbons (Fsp3) is 0.526. The predicted molar refractivity (Wildman–Crippen MR) is 92.5 cm³/mol. The summed E-state index contributed by atoms with van der Waals surface area (Å²) in [6.45, 7) is 2.05. The van der Waals surface area contributed by atoms with Crippen molar-refractivity contribution in [2.24, 2.45) is 11.8 Å². The monoisotopic (exact) mass is 350 g/mol. The molecule has 2 atom stereocenters. The van der Waals surface area contributed by atoms with E-state index in [9.17, 15) is 14.4 Å². The number of hydrogen-bond acceptors (Lipinski definition) is 6. The second-order valence-corrected chi connectivity index (χ2v) is 5.64. The zero-order valence-electron chi connectivity index (χ0n) is 14.8. The van der Waals surface area contributed by atoms with E-state index in [1.807, 2.05) is 19.1 Å². The molecule has 6 heteroatoms. The molecule has 25 heavy (non-hydrogen) atoms. The van der Waals surface area contributed by atoms with Gasteiger partial charge in [-0.1, -0.05) is 31.1 Å². The van der Waals surface area contributed by atoms with Crippen LogP contribution < -0.4 is 0 Å². The van der Waals surface area contributed by atoms with Crippen molar-refractivity contribution in [2.75, 3.05) is 20.3 Å². The van der Waals surface area contributed by atoms with Gasteiger partial charge in [0.1, 0.15) is 13.2 Å². The maximum Gasteiger partial charge on any atom is 0.330 e. The number of carbonyl (C=O) groups is 3. The van der Waals surface area contributed by atoms with Gasteiger partial charge in [-0.05, 0) is 31.9 Å². The molecule has 0 bridgehead atoms. The first-order chi connectivity index (χ1) is 12.1. The zero-order chi connectivity index (χ0) is 18.5. The molecule has 0 aliphatic heterocycles. The molecule has 1 aliphatic rings. The number of ether oxygens (including phenoxy) is 3. The maximum absolute atomic E-state index is 12.2. The van der Waals surface area contributed by atoms with Crippen LogP contribution in [0.3, 0.4) is 0 Å². The Hall–Kier alpha value is -2.37. The highest BCUT2D eigenvalue weighted by Gasteiger charge is 2.37. The molecule has 0 heterocycles. The smallest absolute Gasteiger partial charge is 0.330 e. The van der Waals surface area contributed by atoms with E-state index in [0.717, 1.165) is 12.8 Å². The van der Waals surface area contributed by atoms with Crippen LogP contribution in [0, 0.1) is 11.8 Å². The molecule has 0 aromatic rings. The Bertz CT molecular complexity index is 532. The van der Waals surface area contributed by atoms with E-state index >= 15 is 0 Å². The molecule has 0 aromatic heterocycles. The van der Waals surface area contributed by atoms with Gasteiger partial charge in [-0.3, -0.25) is 9.59 Å². The van der Waals surface area contributed by atoms with Crippen LogP contribution in [0.4, 0.5) is 0 Å². The third-order valence-corrected chi connectivity index (χ3v) is 3.91. The summed E-state index contributed by atoms with van der Waals surface area (Å²) in [6.07, 6.45) is 12.9. The van der Waals surface area contributed by atoms with Crippen LogP contribution in [-0.2, 0) is 28.6 Å². The maximum atomic E-state index is 12.2. The van der Waals surface area contributed by atoms with Gasteiger partial charge in [0.2, 0.25) is 0 Å². The highest BCUT2D eigenvalue weighted by atomic mass is 16.5. The Kier molecular flexibility index (Phi) is 9.97. The molecule has 1 rings (SSSR count). The molecule has 0 saturated heterocycles. The first-order valence-corrected chi connectivity index (χ1v) is 8.45. The number of esters is 3. The molecule has 1 aliphatic carbocycles. The molecular weight excluding hydrogens is 324 g/mol. The summed E-state index contributed by atoms with van der Waals surface area (Å²) in [7, 11) is 1.27. The fourth-order valence-corrected chi connectivity index (χ4v) is 2.63. The van der Waals surface area contributed by atoms with Crippen LogP contribution in [0.25, 0.3) is 0 Å². The minimum Gasteiger partial charge on any atom is -0.466 e. The van der Waals surface area contributed by atoms with Crippen LogP contribution in [0.2, 0.25) is 0 Å². The van der Waals surface area contributed by atoms with Gasteiger partial charge in [0.05, 0.1) is 18.9 Å². The summed E-state index contributed by atoms with van der Waals surface area (Å²) in [5.74, 6) is -2.27. The van der Waals surface area contributed by atoms with Crippen molar-refractivity contribution in [1.29, 1.82) is 0 Å². The van der Waals surface area contributed by atoms with Crippen molar-refractivity contribution in [3.8, 4) is 0 Å². The lowest BCUT2D eigenvalue weighted by atomic mass is 9.79. The summed E-state index contributed by atoms with van der Waals surface area (Å²) in [4.78, 5) is 35.4. The van der Waals surface area contributed by atoms with E-state index < -0.39 is 23.8 Å². The highest BCUT2D eigenvalue weighted by Crippen LogP contribution is 2.32. The number of allylic oxidation sites excluding steroid dienone is 3.